The summed E-state index contributed by atoms with van der Waals surface area (Å²) in [6.45, 7) is 2.04. The van der Waals surface area contributed by atoms with Gasteiger partial charge in [0.25, 0.3) is 0 Å². The number of amides is 1. The summed E-state index contributed by atoms with van der Waals surface area (Å²) >= 11 is 1.53. The van der Waals surface area contributed by atoms with Gasteiger partial charge < -0.3 is 14.5 Å². The fraction of sp³-hybridized carbons (Fsp3) is 0.611. The van der Waals surface area contributed by atoms with Crippen molar-refractivity contribution in [3.05, 3.63) is 24.5 Å². The van der Waals surface area contributed by atoms with Gasteiger partial charge in [0.15, 0.2) is 0 Å². The number of cyclic esters (lactones) is 1. The summed E-state index contributed by atoms with van der Waals surface area (Å²) in [7, 11) is 3.97. The van der Waals surface area contributed by atoms with Gasteiger partial charge in [-0.05, 0) is 39.1 Å². The van der Waals surface area contributed by atoms with Crippen molar-refractivity contribution >= 4 is 23.6 Å². The second kappa shape index (κ2) is 7.74. The predicted octanol–water partition coefficient (Wildman–Crippen LogP) is 1.66. The van der Waals surface area contributed by atoms with Gasteiger partial charge >= 0.3 is 5.97 Å². The van der Waals surface area contributed by atoms with Crippen molar-refractivity contribution in [1.82, 2.24) is 14.8 Å². The van der Waals surface area contributed by atoms with Gasteiger partial charge in [0.05, 0.1) is 11.2 Å². The van der Waals surface area contributed by atoms with Gasteiger partial charge in [-0.3, -0.25) is 14.6 Å². The molecule has 2 saturated heterocycles. The molecule has 6 nitrogen and oxygen atoms in total. The molecule has 2 aliphatic heterocycles. The lowest BCUT2D eigenvalue weighted by molar-refractivity contribution is -0.152. The summed E-state index contributed by atoms with van der Waals surface area (Å²) in [6.07, 6.45) is 5.63. The molecule has 0 aromatic carbocycles. The van der Waals surface area contributed by atoms with E-state index in [1.165, 1.54) is 11.8 Å². The lowest BCUT2D eigenvalue weighted by atomic mass is 9.76. The number of pyridine rings is 1. The highest BCUT2D eigenvalue weighted by molar-refractivity contribution is 8.00. The van der Waals surface area contributed by atoms with Gasteiger partial charge in [-0.2, -0.15) is 0 Å². The van der Waals surface area contributed by atoms with Crippen LogP contribution >= 0.6 is 11.8 Å². The normalized spacial score (nSPS) is 22.4. The lowest BCUT2D eigenvalue weighted by Gasteiger charge is -2.36. The number of hydrogen-bond acceptors (Lipinski definition) is 6. The van der Waals surface area contributed by atoms with Crippen LogP contribution in [0.3, 0.4) is 0 Å². The van der Waals surface area contributed by atoms with Crippen LogP contribution in [0, 0.1) is 5.41 Å². The Morgan fingerprint density at radius 1 is 1.36 bits per heavy atom. The van der Waals surface area contributed by atoms with E-state index in [-0.39, 0.29) is 23.4 Å². The molecule has 0 aliphatic carbocycles. The zero-order valence-electron chi connectivity index (χ0n) is 14.8. The molecule has 1 spiro atoms. The van der Waals surface area contributed by atoms with E-state index in [4.69, 9.17) is 4.74 Å². The standard InChI is InChI=1S/C18H25N3O3S/c1-20(2)12-14-11-18(17(23)24-14)5-9-21(10-6-18)16(22)13-25-15-3-7-19-8-4-15/h3-4,7-8,14H,5-6,9-13H2,1-2H3. The molecule has 0 saturated carbocycles. The number of piperidine rings is 1. The smallest absolute Gasteiger partial charge is 0.312 e. The largest absolute Gasteiger partial charge is 0.461 e. The second-order valence-corrected chi connectivity index (χ2v) is 8.18. The summed E-state index contributed by atoms with van der Waals surface area (Å²) in [4.78, 5) is 33.8. The van der Waals surface area contributed by atoms with Crippen molar-refractivity contribution in [3.63, 3.8) is 0 Å². The third-order valence-electron chi connectivity index (χ3n) is 4.98. The number of likely N-dealkylation sites (tertiary alicyclic amines) is 1. The minimum atomic E-state index is -0.379. The van der Waals surface area contributed by atoms with E-state index < -0.39 is 0 Å². The summed E-state index contributed by atoms with van der Waals surface area (Å²) in [5.74, 6) is 0.482. The Morgan fingerprint density at radius 3 is 2.68 bits per heavy atom. The molecule has 2 aliphatic rings. The second-order valence-electron chi connectivity index (χ2n) is 7.13. The molecule has 1 atom stereocenters. The molecular formula is C18H25N3O3S. The molecule has 1 amide bonds. The number of carbonyl (C=O) groups excluding carboxylic acids is 2. The molecule has 1 aromatic rings. The zero-order chi connectivity index (χ0) is 17.9. The number of nitrogens with zero attached hydrogens (tertiary/aromatic N) is 3. The molecule has 3 rings (SSSR count). The average Bonchev–Trinajstić information content (AvgIpc) is 2.88. The van der Waals surface area contributed by atoms with Crippen LogP contribution in [-0.4, -0.2) is 72.2 Å². The maximum Gasteiger partial charge on any atom is 0.312 e. The Bertz CT molecular complexity index is 615. The first-order valence-electron chi connectivity index (χ1n) is 8.65. The lowest BCUT2D eigenvalue weighted by Crippen LogP contribution is -2.45. The molecule has 0 radical (unpaired) electrons. The number of ether oxygens (including phenoxy) is 1. The molecule has 136 valence electrons. The third-order valence-corrected chi connectivity index (χ3v) is 5.98. The average molecular weight is 363 g/mol. The summed E-state index contributed by atoms with van der Waals surface area (Å²) < 4.78 is 5.57. The number of carbonyl (C=O) groups is 2. The van der Waals surface area contributed by atoms with Gasteiger partial charge in [0, 0.05) is 43.3 Å². The minimum absolute atomic E-state index is 0.0213. The first-order valence-corrected chi connectivity index (χ1v) is 9.63. The monoisotopic (exact) mass is 363 g/mol. The van der Waals surface area contributed by atoms with Crippen molar-refractivity contribution in [3.8, 4) is 0 Å². The van der Waals surface area contributed by atoms with Crippen molar-refractivity contribution in [2.24, 2.45) is 5.41 Å². The van der Waals surface area contributed by atoms with Crippen LogP contribution in [0.2, 0.25) is 0 Å². The summed E-state index contributed by atoms with van der Waals surface area (Å²) in [6, 6.07) is 3.81. The number of likely N-dealkylation sites (N-methyl/N-ethyl adjacent to an activating group) is 1. The number of hydrogen-bond donors (Lipinski definition) is 0. The Balaban J connectivity index is 1.49. The van der Waals surface area contributed by atoms with Crippen LogP contribution in [0.5, 0.6) is 0 Å². The molecule has 0 N–H and O–H groups in total. The Labute approximate surface area is 152 Å². The first kappa shape index (κ1) is 18.2. The topological polar surface area (TPSA) is 62.7 Å². The van der Waals surface area contributed by atoms with Crippen LogP contribution in [0.4, 0.5) is 0 Å². The Hall–Kier alpha value is -1.60. The first-order chi connectivity index (χ1) is 12.0. The highest BCUT2D eigenvalue weighted by Gasteiger charge is 2.50. The molecule has 1 aromatic heterocycles. The van der Waals surface area contributed by atoms with Gasteiger partial charge in [-0.25, -0.2) is 0 Å². The van der Waals surface area contributed by atoms with Crippen LogP contribution in [0.1, 0.15) is 19.3 Å². The molecule has 2 fully saturated rings. The van der Waals surface area contributed by atoms with Gasteiger partial charge in [0.2, 0.25) is 5.91 Å². The Morgan fingerprint density at radius 2 is 2.04 bits per heavy atom. The van der Waals surface area contributed by atoms with E-state index in [1.54, 1.807) is 12.4 Å². The SMILES string of the molecule is CN(C)CC1CC2(CCN(C(=O)CSc3ccncc3)CC2)C(=O)O1. The number of rotatable bonds is 5. The minimum Gasteiger partial charge on any atom is -0.461 e. The highest BCUT2D eigenvalue weighted by Crippen LogP contribution is 2.43. The van der Waals surface area contributed by atoms with E-state index in [0.29, 0.717) is 31.7 Å². The van der Waals surface area contributed by atoms with Crippen molar-refractivity contribution in [2.75, 3.05) is 39.5 Å². The van der Waals surface area contributed by atoms with Gasteiger partial charge in [-0.15, -0.1) is 11.8 Å². The van der Waals surface area contributed by atoms with Crippen LogP contribution in [-0.2, 0) is 14.3 Å². The number of aromatic nitrogens is 1. The molecule has 25 heavy (non-hydrogen) atoms. The molecular weight excluding hydrogens is 338 g/mol. The quantitative estimate of drug-likeness (QED) is 0.586. The van der Waals surface area contributed by atoms with E-state index in [9.17, 15) is 9.59 Å². The Kier molecular flexibility index (Phi) is 5.64. The van der Waals surface area contributed by atoms with E-state index in [2.05, 4.69) is 4.98 Å². The van der Waals surface area contributed by atoms with Crippen LogP contribution < -0.4 is 0 Å². The molecule has 3 heterocycles. The summed E-state index contributed by atoms with van der Waals surface area (Å²) in [5.41, 5.74) is -0.379. The van der Waals surface area contributed by atoms with E-state index in [0.717, 1.165) is 17.9 Å². The maximum atomic E-state index is 12.4. The maximum absolute atomic E-state index is 12.4. The van der Waals surface area contributed by atoms with E-state index >= 15 is 0 Å². The molecule has 0 bridgehead atoms. The fourth-order valence-corrected chi connectivity index (χ4v) is 4.40. The molecule has 7 heteroatoms. The third kappa shape index (κ3) is 4.33. The van der Waals surface area contributed by atoms with Crippen LogP contribution in [0.25, 0.3) is 0 Å². The number of esters is 1. The predicted molar refractivity (Wildman–Crippen MR) is 96.3 cm³/mol. The van der Waals surface area contributed by atoms with E-state index in [1.807, 2.05) is 36.0 Å². The fourth-order valence-electron chi connectivity index (χ4n) is 3.61. The highest BCUT2D eigenvalue weighted by atomic mass is 32.2. The van der Waals surface area contributed by atoms with Gasteiger partial charge in [-0.1, -0.05) is 0 Å². The number of thioether (sulfide) groups is 1. The van der Waals surface area contributed by atoms with Gasteiger partial charge in [0.1, 0.15) is 6.10 Å². The van der Waals surface area contributed by atoms with Crippen LogP contribution in [0.15, 0.2) is 29.4 Å². The van der Waals surface area contributed by atoms with Crippen molar-refractivity contribution in [1.29, 1.82) is 0 Å². The molecule has 1 unspecified atom stereocenters. The zero-order valence-corrected chi connectivity index (χ0v) is 15.6. The summed E-state index contributed by atoms with van der Waals surface area (Å²) in [5, 5.41) is 0. The van der Waals surface area contributed by atoms with Crippen molar-refractivity contribution < 1.29 is 14.3 Å². The van der Waals surface area contributed by atoms with Crippen molar-refractivity contribution in [2.45, 2.75) is 30.3 Å².